The molecule has 2 amide bonds. The van der Waals surface area contributed by atoms with E-state index in [2.05, 4.69) is 29.0 Å². The molecule has 0 spiro atoms. The van der Waals surface area contributed by atoms with Crippen molar-refractivity contribution in [1.82, 2.24) is 15.2 Å². The number of carbonyl (C=O) groups is 2. The van der Waals surface area contributed by atoms with Gasteiger partial charge >= 0.3 is 0 Å². The van der Waals surface area contributed by atoms with Gasteiger partial charge in [-0.05, 0) is 39.7 Å². The molecule has 1 aliphatic rings. The van der Waals surface area contributed by atoms with E-state index in [4.69, 9.17) is 0 Å². The molecular weight excluding hydrogens is 368 g/mol. The smallest absolute Gasteiger partial charge is 0.261 e. The predicted molar refractivity (Wildman–Crippen MR) is 108 cm³/mol. The van der Waals surface area contributed by atoms with Crippen LogP contribution in [0.15, 0.2) is 6.07 Å². The number of piperidine rings is 1. The summed E-state index contributed by atoms with van der Waals surface area (Å²) in [6.45, 7) is 9.36. The average Bonchev–Trinajstić information content (AvgIpc) is 3.20. The summed E-state index contributed by atoms with van der Waals surface area (Å²) in [5, 5.41) is 3.99. The SMILES string of the molecule is CCN(CC)c1nc2sc(C(=O)NC[C@@H](C)N3CCCCC3=O)cc2s1. The van der Waals surface area contributed by atoms with Crippen LogP contribution in [0.5, 0.6) is 0 Å². The van der Waals surface area contributed by atoms with Crippen LogP contribution >= 0.6 is 22.7 Å². The molecule has 8 heteroatoms. The van der Waals surface area contributed by atoms with Crippen molar-refractivity contribution < 1.29 is 9.59 Å². The first-order chi connectivity index (χ1) is 12.5. The maximum atomic E-state index is 12.5. The van der Waals surface area contributed by atoms with E-state index in [9.17, 15) is 9.59 Å². The summed E-state index contributed by atoms with van der Waals surface area (Å²) in [6.07, 6.45) is 2.65. The predicted octanol–water partition coefficient (Wildman–Crippen LogP) is 3.33. The number of rotatable bonds is 7. The lowest BCUT2D eigenvalue weighted by molar-refractivity contribution is -0.135. The first kappa shape index (κ1) is 19.1. The Morgan fingerprint density at radius 3 is 2.77 bits per heavy atom. The van der Waals surface area contributed by atoms with E-state index < -0.39 is 0 Å². The minimum atomic E-state index is -0.0825. The number of hydrogen-bond donors (Lipinski definition) is 1. The molecule has 1 aliphatic heterocycles. The molecule has 1 atom stereocenters. The molecule has 1 fully saturated rings. The van der Waals surface area contributed by atoms with Gasteiger partial charge in [0.1, 0.15) is 4.83 Å². The molecule has 3 rings (SSSR count). The zero-order chi connectivity index (χ0) is 18.7. The molecule has 1 N–H and O–H groups in total. The fourth-order valence-electron chi connectivity index (χ4n) is 3.20. The molecule has 0 radical (unpaired) electrons. The molecule has 3 heterocycles. The highest BCUT2D eigenvalue weighted by molar-refractivity contribution is 7.29. The van der Waals surface area contributed by atoms with Crippen LogP contribution in [-0.4, -0.2) is 53.9 Å². The van der Waals surface area contributed by atoms with Crippen molar-refractivity contribution in [3.05, 3.63) is 10.9 Å². The Morgan fingerprint density at radius 1 is 1.35 bits per heavy atom. The van der Waals surface area contributed by atoms with E-state index in [0.29, 0.717) is 17.8 Å². The van der Waals surface area contributed by atoms with Gasteiger partial charge in [-0.2, -0.15) is 0 Å². The highest BCUT2D eigenvalue weighted by atomic mass is 32.1. The third-order valence-electron chi connectivity index (χ3n) is 4.79. The fraction of sp³-hybridized carbons (Fsp3) is 0.611. The first-order valence-electron chi connectivity index (χ1n) is 9.26. The van der Waals surface area contributed by atoms with Crippen LogP contribution < -0.4 is 10.2 Å². The highest BCUT2D eigenvalue weighted by Crippen LogP contribution is 2.34. The summed E-state index contributed by atoms with van der Waals surface area (Å²) in [5.41, 5.74) is 0. The Bertz CT molecular complexity index is 750. The largest absolute Gasteiger partial charge is 0.349 e. The van der Waals surface area contributed by atoms with Gasteiger partial charge in [0.05, 0.1) is 9.58 Å². The van der Waals surface area contributed by atoms with E-state index in [1.165, 1.54) is 11.3 Å². The second-order valence-corrected chi connectivity index (χ2v) is 8.59. The van der Waals surface area contributed by atoms with Crippen molar-refractivity contribution in [3.63, 3.8) is 0 Å². The average molecular weight is 395 g/mol. The monoisotopic (exact) mass is 394 g/mol. The minimum Gasteiger partial charge on any atom is -0.349 e. The van der Waals surface area contributed by atoms with Gasteiger partial charge in [-0.3, -0.25) is 9.59 Å². The number of likely N-dealkylation sites (tertiary alicyclic amines) is 1. The van der Waals surface area contributed by atoms with Crippen LogP contribution in [0.1, 0.15) is 49.7 Å². The second-order valence-electron chi connectivity index (χ2n) is 6.55. The number of fused-ring (bicyclic) bond motifs is 1. The maximum absolute atomic E-state index is 12.5. The Kier molecular flexibility index (Phi) is 6.13. The summed E-state index contributed by atoms with van der Waals surface area (Å²) in [7, 11) is 0. The van der Waals surface area contributed by atoms with E-state index in [-0.39, 0.29) is 17.9 Å². The molecule has 26 heavy (non-hydrogen) atoms. The summed E-state index contributed by atoms with van der Waals surface area (Å²) >= 11 is 3.06. The van der Waals surface area contributed by atoms with Crippen molar-refractivity contribution in [2.45, 2.75) is 46.1 Å². The van der Waals surface area contributed by atoms with Gasteiger partial charge in [0.15, 0.2) is 5.13 Å². The molecule has 0 aromatic carbocycles. The van der Waals surface area contributed by atoms with Crippen molar-refractivity contribution in [2.24, 2.45) is 0 Å². The first-order valence-corrected chi connectivity index (χ1v) is 10.9. The van der Waals surface area contributed by atoms with Crippen molar-refractivity contribution in [3.8, 4) is 0 Å². The highest BCUT2D eigenvalue weighted by Gasteiger charge is 2.24. The minimum absolute atomic E-state index is 0.0280. The number of nitrogens with one attached hydrogen (secondary N) is 1. The number of amides is 2. The van der Waals surface area contributed by atoms with Gasteiger partial charge in [0.2, 0.25) is 5.91 Å². The third kappa shape index (κ3) is 4.01. The van der Waals surface area contributed by atoms with Crippen LogP contribution in [0.25, 0.3) is 9.53 Å². The number of hydrogen-bond acceptors (Lipinski definition) is 6. The Hall–Kier alpha value is -1.67. The molecule has 6 nitrogen and oxygen atoms in total. The van der Waals surface area contributed by atoms with Crippen molar-refractivity contribution in [1.29, 1.82) is 0 Å². The van der Waals surface area contributed by atoms with E-state index >= 15 is 0 Å². The Labute approximate surface area is 162 Å². The standard InChI is InChI=1S/C18H26N4O2S2/c1-4-21(5-2)18-20-17-14(26-18)10-13(25-17)16(24)19-11-12(3)22-9-7-6-8-15(22)23/h10,12H,4-9,11H2,1-3H3,(H,19,24)/t12-/m1/s1. The second kappa shape index (κ2) is 8.35. The topological polar surface area (TPSA) is 65.5 Å². The molecule has 142 valence electrons. The molecule has 0 unspecified atom stereocenters. The molecule has 0 bridgehead atoms. The zero-order valence-corrected chi connectivity index (χ0v) is 17.2. The van der Waals surface area contributed by atoms with Gasteiger partial charge in [0, 0.05) is 38.6 Å². The van der Waals surface area contributed by atoms with Crippen molar-refractivity contribution in [2.75, 3.05) is 31.1 Å². The lowest BCUT2D eigenvalue weighted by Crippen LogP contribution is -2.47. The number of anilines is 1. The van der Waals surface area contributed by atoms with Crippen LogP contribution in [0.3, 0.4) is 0 Å². The van der Waals surface area contributed by atoms with Crippen LogP contribution in [0, 0.1) is 0 Å². The zero-order valence-electron chi connectivity index (χ0n) is 15.6. The van der Waals surface area contributed by atoms with Gasteiger partial charge < -0.3 is 15.1 Å². The van der Waals surface area contributed by atoms with Gasteiger partial charge in [-0.15, -0.1) is 11.3 Å². The lowest BCUT2D eigenvalue weighted by atomic mass is 10.1. The van der Waals surface area contributed by atoms with Crippen LogP contribution in [0.2, 0.25) is 0 Å². The number of thiazole rings is 1. The summed E-state index contributed by atoms with van der Waals surface area (Å²) in [4.78, 5) is 34.8. The molecule has 0 aliphatic carbocycles. The maximum Gasteiger partial charge on any atom is 0.261 e. The van der Waals surface area contributed by atoms with E-state index in [0.717, 1.165) is 47.1 Å². The quantitative estimate of drug-likeness (QED) is 0.782. The lowest BCUT2D eigenvalue weighted by Gasteiger charge is -2.32. The summed E-state index contributed by atoms with van der Waals surface area (Å²) < 4.78 is 1.06. The van der Waals surface area contributed by atoms with Gasteiger partial charge in [-0.25, -0.2) is 4.98 Å². The third-order valence-corrected chi connectivity index (χ3v) is 7.01. The van der Waals surface area contributed by atoms with Crippen molar-refractivity contribution >= 4 is 49.1 Å². The summed E-state index contributed by atoms with van der Waals surface area (Å²) in [6, 6.07) is 1.96. The Morgan fingerprint density at radius 2 is 2.12 bits per heavy atom. The number of carbonyl (C=O) groups excluding carboxylic acids is 2. The molecule has 1 saturated heterocycles. The Balaban J connectivity index is 1.61. The van der Waals surface area contributed by atoms with Crippen LogP contribution in [0.4, 0.5) is 5.13 Å². The van der Waals surface area contributed by atoms with E-state index in [1.54, 1.807) is 11.3 Å². The number of aromatic nitrogens is 1. The van der Waals surface area contributed by atoms with Gasteiger partial charge in [-0.1, -0.05) is 11.3 Å². The number of nitrogens with zero attached hydrogens (tertiary/aromatic N) is 3. The van der Waals surface area contributed by atoms with E-state index in [1.807, 2.05) is 17.9 Å². The van der Waals surface area contributed by atoms with Crippen LogP contribution in [-0.2, 0) is 4.79 Å². The molecule has 0 saturated carbocycles. The number of thiophene rings is 1. The molecule has 2 aromatic rings. The molecular formula is C18H26N4O2S2. The molecule has 2 aromatic heterocycles. The normalized spacial score (nSPS) is 16.1. The fourth-order valence-corrected chi connectivity index (χ4v) is 5.45. The van der Waals surface area contributed by atoms with Gasteiger partial charge in [0.25, 0.3) is 5.91 Å². The summed E-state index contributed by atoms with van der Waals surface area (Å²) in [5.74, 6) is 0.115.